The number of fused-ring (bicyclic) bond motifs is 1. The largest absolute Gasteiger partial charge is 0.449 e. The summed E-state index contributed by atoms with van der Waals surface area (Å²) >= 11 is 0. The average Bonchev–Trinajstić information content (AvgIpc) is 3.11. The number of benzene rings is 1. The summed E-state index contributed by atoms with van der Waals surface area (Å²) in [5.41, 5.74) is 2.14. The van der Waals surface area contributed by atoms with Gasteiger partial charge in [-0.3, -0.25) is 9.59 Å². The summed E-state index contributed by atoms with van der Waals surface area (Å²) < 4.78 is 10.3. The Balaban J connectivity index is 1.61. The van der Waals surface area contributed by atoms with E-state index in [1.807, 2.05) is 6.92 Å². The maximum absolute atomic E-state index is 13.2. The van der Waals surface area contributed by atoms with Crippen molar-refractivity contribution in [2.45, 2.75) is 32.4 Å². The number of methoxy groups -OCH3 is 1. The number of aromatic nitrogens is 2. The molecule has 3 heterocycles. The Morgan fingerprint density at radius 2 is 2.18 bits per heavy atom. The number of pyridine rings is 2. The summed E-state index contributed by atoms with van der Waals surface area (Å²) in [6, 6.07) is 10.5. The van der Waals surface area contributed by atoms with E-state index in [9.17, 15) is 19.6 Å². The van der Waals surface area contributed by atoms with E-state index in [0.717, 1.165) is 12.8 Å². The molecule has 1 saturated heterocycles. The molecule has 3 aromatic rings. The van der Waals surface area contributed by atoms with Gasteiger partial charge in [-0.15, -0.1) is 0 Å². The summed E-state index contributed by atoms with van der Waals surface area (Å²) in [6.07, 6.45) is 3.17. The SMILES string of the molecule is COC[C@H](C)Nc1cc(NC(=O)c2cccc3cc(CN4CCCCOC4=O)c(C=O)nc23)ncc1C#N. The molecule has 2 amide bonds. The first-order valence-corrected chi connectivity index (χ1v) is 12.2. The van der Waals surface area contributed by atoms with E-state index in [2.05, 4.69) is 26.7 Å². The molecular formula is C27H28N6O5. The molecule has 38 heavy (non-hydrogen) atoms. The molecule has 0 radical (unpaired) electrons. The minimum Gasteiger partial charge on any atom is -0.449 e. The molecule has 0 saturated carbocycles. The second kappa shape index (κ2) is 12.1. The number of carbonyl (C=O) groups is 3. The van der Waals surface area contributed by atoms with Crippen LogP contribution in [0.2, 0.25) is 0 Å². The van der Waals surface area contributed by atoms with Crippen molar-refractivity contribution in [3.63, 3.8) is 0 Å². The fourth-order valence-corrected chi connectivity index (χ4v) is 4.24. The molecule has 1 fully saturated rings. The third-order valence-electron chi connectivity index (χ3n) is 6.07. The minimum atomic E-state index is -0.475. The van der Waals surface area contributed by atoms with Crippen LogP contribution in [-0.4, -0.2) is 66.1 Å². The van der Waals surface area contributed by atoms with Crippen LogP contribution in [0.15, 0.2) is 36.5 Å². The Hall–Kier alpha value is -4.56. The zero-order valence-corrected chi connectivity index (χ0v) is 21.2. The van der Waals surface area contributed by atoms with E-state index in [1.54, 1.807) is 42.3 Å². The minimum absolute atomic E-state index is 0.0764. The van der Waals surface area contributed by atoms with Crippen LogP contribution in [0.4, 0.5) is 16.3 Å². The van der Waals surface area contributed by atoms with Crippen LogP contribution >= 0.6 is 0 Å². The van der Waals surface area contributed by atoms with E-state index in [0.29, 0.717) is 53.8 Å². The maximum atomic E-state index is 13.2. The van der Waals surface area contributed by atoms with Crippen LogP contribution in [0, 0.1) is 11.3 Å². The van der Waals surface area contributed by atoms with Crippen molar-refractivity contribution in [2.24, 2.45) is 0 Å². The molecule has 0 aliphatic carbocycles. The highest BCUT2D eigenvalue weighted by atomic mass is 16.6. The monoisotopic (exact) mass is 516 g/mol. The Morgan fingerprint density at radius 3 is 2.95 bits per heavy atom. The normalized spacial score (nSPS) is 14.2. The zero-order chi connectivity index (χ0) is 27.1. The van der Waals surface area contributed by atoms with Crippen molar-refractivity contribution >= 4 is 40.7 Å². The van der Waals surface area contributed by atoms with Gasteiger partial charge in [-0.2, -0.15) is 5.26 Å². The number of hydrogen-bond acceptors (Lipinski definition) is 9. The molecule has 1 atom stereocenters. The number of carbonyl (C=O) groups excluding carboxylic acids is 3. The third-order valence-corrected chi connectivity index (χ3v) is 6.07. The molecule has 0 bridgehead atoms. The van der Waals surface area contributed by atoms with Gasteiger partial charge in [0.25, 0.3) is 5.91 Å². The molecule has 1 aliphatic heterocycles. The molecule has 0 spiro atoms. The molecule has 1 aliphatic rings. The summed E-state index contributed by atoms with van der Waals surface area (Å²) in [4.78, 5) is 47.6. The van der Waals surface area contributed by atoms with Gasteiger partial charge in [0.15, 0.2) is 6.29 Å². The van der Waals surface area contributed by atoms with Crippen LogP contribution in [0.5, 0.6) is 0 Å². The van der Waals surface area contributed by atoms with Crippen LogP contribution in [0.3, 0.4) is 0 Å². The lowest BCUT2D eigenvalue weighted by molar-refractivity contribution is 0.102. The van der Waals surface area contributed by atoms with Gasteiger partial charge in [0.05, 0.1) is 42.1 Å². The molecular weight excluding hydrogens is 488 g/mol. The Kier molecular flexibility index (Phi) is 8.45. The maximum Gasteiger partial charge on any atom is 0.410 e. The highest BCUT2D eigenvalue weighted by molar-refractivity contribution is 6.12. The predicted octanol–water partition coefficient (Wildman–Crippen LogP) is 3.75. The average molecular weight is 517 g/mol. The van der Waals surface area contributed by atoms with Crippen molar-refractivity contribution in [1.82, 2.24) is 14.9 Å². The second-order valence-corrected chi connectivity index (χ2v) is 8.95. The van der Waals surface area contributed by atoms with Crippen LogP contribution < -0.4 is 10.6 Å². The summed E-state index contributed by atoms with van der Waals surface area (Å²) in [7, 11) is 1.58. The molecule has 196 valence electrons. The van der Waals surface area contributed by atoms with Crippen molar-refractivity contribution in [3.8, 4) is 6.07 Å². The topological polar surface area (TPSA) is 147 Å². The van der Waals surface area contributed by atoms with Gasteiger partial charge in [-0.05, 0) is 31.9 Å². The number of nitriles is 1. The van der Waals surface area contributed by atoms with Crippen molar-refractivity contribution in [2.75, 3.05) is 37.5 Å². The number of rotatable bonds is 9. The van der Waals surface area contributed by atoms with Gasteiger partial charge in [-0.25, -0.2) is 14.8 Å². The van der Waals surface area contributed by atoms with Gasteiger partial charge in [-0.1, -0.05) is 12.1 Å². The lowest BCUT2D eigenvalue weighted by atomic mass is 10.0. The molecule has 2 N–H and O–H groups in total. The van der Waals surface area contributed by atoms with E-state index in [4.69, 9.17) is 9.47 Å². The number of amides is 2. The molecule has 4 rings (SSSR count). The zero-order valence-electron chi connectivity index (χ0n) is 21.2. The summed E-state index contributed by atoms with van der Waals surface area (Å²) in [5.74, 6) is -0.234. The first-order chi connectivity index (χ1) is 18.4. The molecule has 0 unspecified atom stereocenters. The van der Waals surface area contributed by atoms with E-state index in [1.165, 1.54) is 6.20 Å². The number of ether oxygens (including phenoxy) is 2. The van der Waals surface area contributed by atoms with Gasteiger partial charge in [0.1, 0.15) is 17.6 Å². The Labute approximate surface area is 219 Å². The second-order valence-electron chi connectivity index (χ2n) is 8.95. The number of nitrogens with one attached hydrogen (secondary N) is 2. The quantitative estimate of drug-likeness (QED) is 0.406. The Morgan fingerprint density at radius 1 is 1.34 bits per heavy atom. The predicted molar refractivity (Wildman–Crippen MR) is 140 cm³/mol. The van der Waals surface area contributed by atoms with Crippen LogP contribution in [0.25, 0.3) is 10.9 Å². The lowest BCUT2D eigenvalue weighted by Gasteiger charge is -2.20. The number of aldehydes is 1. The highest BCUT2D eigenvalue weighted by Gasteiger charge is 2.21. The van der Waals surface area contributed by atoms with E-state index >= 15 is 0 Å². The molecule has 11 heteroatoms. The third kappa shape index (κ3) is 6.04. The summed E-state index contributed by atoms with van der Waals surface area (Å²) in [6.45, 7) is 3.41. The summed E-state index contributed by atoms with van der Waals surface area (Å²) in [5, 5.41) is 16.0. The molecule has 11 nitrogen and oxygen atoms in total. The van der Waals surface area contributed by atoms with Crippen molar-refractivity contribution < 1.29 is 23.9 Å². The fourth-order valence-electron chi connectivity index (χ4n) is 4.24. The Bertz CT molecular complexity index is 1400. The first kappa shape index (κ1) is 26.5. The number of hydrogen-bond donors (Lipinski definition) is 2. The molecule has 2 aromatic heterocycles. The number of para-hydroxylation sites is 1. The standard InChI is InChI=1S/C27H28N6O5/c1-17(16-37-2)30-22-11-24(29-13-20(22)12-28)32-26(35)21-7-5-6-18-10-19(23(15-34)31-25(18)21)14-33-8-3-4-9-38-27(33)36/h5-7,10-11,13,15,17H,3-4,8-9,14,16H2,1-2H3,(H2,29,30,32,35)/t17-/m0/s1. The van der Waals surface area contributed by atoms with Gasteiger partial charge in [0.2, 0.25) is 0 Å². The number of anilines is 2. The smallest absolute Gasteiger partial charge is 0.410 e. The van der Waals surface area contributed by atoms with Crippen LogP contribution in [-0.2, 0) is 16.0 Å². The van der Waals surface area contributed by atoms with E-state index < -0.39 is 12.0 Å². The van der Waals surface area contributed by atoms with E-state index in [-0.39, 0.29) is 29.7 Å². The van der Waals surface area contributed by atoms with Gasteiger partial charge >= 0.3 is 6.09 Å². The van der Waals surface area contributed by atoms with Crippen LogP contribution in [0.1, 0.15) is 51.7 Å². The van der Waals surface area contributed by atoms with Gasteiger partial charge < -0.3 is 25.0 Å². The first-order valence-electron chi connectivity index (χ1n) is 12.2. The molecule has 1 aromatic carbocycles. The highest BCUT2D eigenvalue weighted by Crippen LogP contribution is 2.24. The fraction of sp³-hybridized carbons (Fsp3) is 0.333. The van der Waals surface area contributed by atoms with Gasteiger partial charge in [0, 0.05) is 42.9 Å². The number of nitrogens with zero attached hydrogens (tertiary/aromatic N) is 4. The lowest BCUT2D eigenvalue weighted by Crippen LogP contribution is -2.30. The van der Waals surface area contributed by atoms with Crippen molar-refractivity contribution in [1.29, 1.82) is 5.26 Å². The van der Waals surface area contributed by atoms with Crippen molar-refractivity contribution in [3.05, 3.63) is 58.9 Å². The number of cyclic esters (lactones) is 1.